The van der Waals surface area contributed by atoms with E-state index in [9.17, 15) is 4.79 Å². The number of alkyl halides is 1. The molecule has 1 aliphatic carbocycles. The van der Waals surface area contributed by atoms with E-state index in [0.717, 1.165) is 73.3 Å². The summed E-state index contributed by atoms with van der Waals surface area (Å²) in [4.78, 5) is 21.4. The van der Waals surface area contributed by atoms with E-state index in [1.165, 1.54) is 5.56 Å². The van der Waals surface area contributed by atoms with Gasteiger partial charge in [0.2, 0.25) is 0 Å². The molecule has 3 heterocycles. The average molecular weight is 578 g/mol. The SMILES string of the molecule is COc1ccc(OC(=O)N2CCc3c([nH]c4c3=CC(Cl)CC=4)C2c2ccc(OCCCN3CCOCC3)cc2)cc1. The first kappa shape index (κ1) is 27.7. The van der Waals surface area contributed by atoms with Gasteiger partial charge < -0.3 is 23.9 Å². The van der Waals surface area contributed by atoms with Gasteiger partial charge in [-0.3, -0.25) is 9.80 Å². The van der Waals surface area contributed by atoms with Crippen molar-refractivity contribution in [3.05, 3.63) is 75.9 Å². The number of nitrogens with zero attached hydrogens (tertiary/aromatic N) is 2. The first-order chi connectivity index (χ1) is 20.1. The van der Waals surface area contributed by atoms with Crippen molar-refractivity contribution in [1.29, 1.82) is 0 Å². The molecule has 2 aromatic carbocycles. The Morgan fingerprint density at radius 1 is 1.02 bits per heavy atom. The summed E-state index contributed by atoms with van der Waals surface area (Å²) in [5.74, 6) is 1.99. The predicted octanol–water partition coefficient (Wildman–Crippen LogP) is 3.84. The Labute approximate surface area is 245 Å². The van der Waals surface area contributed by atoms with E-state index in [2.05, 4.69) is 22.0 Å². The number of morpholine rings is 1. The number of aromatic nitrogens is 1. The Morgan fingerprint density at radius 2 is 1.76 bits per heavy atom. The van der Waals surface area contributed by atoms with Crippen LogP contribution in [0.15, 0.2) is 48.5 Å². The molecule has 41 heavy (non-hydrogen) atoms. The largest absolute Gasteiger partial charge is 0.497 e. The molecule has 3 aliphatic rings. The lowest BCUT2D eigenvalue weighted by molar-refractivity contribution is 0.0358. The number of ether oxygens (including phenoxy) is 4. The second-order valence-electron chi connectivity index (χ2n) is 10.6. The second kappa shape index (κ2) is 12.6. The molecule has 1 saturated heterocycles. The van der Waals surface area contributed by atoms with Gasteiger partial charge in [0.15, 0.2) is 0 Å². The van der Waals surface area contributed by atoms with Crippen molar-refractivity contribution in [3.63, 3.8) is 0 Å². The Morgan fingerprint density at radius 3 is 2.51 bits per heavy atom. The fourth-order valence-electron chi connectivity index (χ4n) is 5.84. The number of hydrogen-bond donors (Lipinski definition) is 1. The lowest BCUT2D eigenvalue weighted by atomic mass is 9.92. The fraction of sp³-hybridized carbons (Fsp3) is 0.406. The molecule has 0 radical (unpaired) electrons. The van der Waals surface area contributed by atoms with Crippen LogP contribution in [0.5, 0.6) is 17.2 Å². The molecule has 1 fully saturated rings. The summed E-state index contributed by atoms with van der Waals surface area (Å²) in [6, 6.07) is 14.8. The van der Waals surface area contributed by atoms with Gasteiger partial charge in [-0.1, -0.05) is 24.3 Å². The Hall–Kier alpha value is -3.46. The second-order valence-corrected chi connectivity index (χ2v) is 11.1. The lowest BCUT2D eigenvalue weighted by Gasteiger charge is -2.35. The highest BCUT2D eigenvalue weighted by molar-refractivity contribution is 6.24. The Kier molecular flexibility index (Phi) is 8.51. The third-order valence-corrected chi connectivity index (χ3v) is 8.28. The van der Waals surface area contributed by atoms with Crippen LogP contribution in [0.25, 0.3) is 12.2 Å². The van der Waals surface area contributed by atoms with E-state index in [0.29, 0.717) is 31.1 Å². The number of rotatable bonds is 8. The van der Waals surface area contributed by atoms with Gasteiger partial charge in [0.1, 0.15) is 23.3 Å². The highest BCUT2D eigenvalue weighted by Gasteiger charge is 2.35. The molecule has 9 heteroatoms. The first-order valence-electron chi connectivity index (χ1n) is 14.3. The molecular formula is C32H36ClN3O5. The van der Waals surface area contributed by atoms with Crippen molar-refractivity contribution >= 4 is 29.8 Å². The topological polar surface area (TPSA) is 76.3 Å². The third-order valence-electron chi connectivity index (χ3n) is 7.98. The maximum Gasteiger partial charge on any atom is 0.416 e. The molecule has 3 aromatic rings. The quantitative estimate of drug-likeness (QED) is 0.324. The van der Waals surface area contributed by atoms with Gasteiger partial charge in [-0.25, -0.2) is 4.79 Å². The highest BCUT2D eigenvalue weighted by atomic mass is 35.5. The van der Waals surface area contributed by atoms with Crippen molar-refractivity contribution in [2.75, 3.05) is 53.1 Å². The summed E-state index contributed by atoms with van der Waals surface area (Å²) in [5.41, 5.74) is 3.20. The smallest absolute Gasteiger partial charge is 0.416 e. The molecule has 6 rings (SSSR count). The summed E-state index contributed by atoms with van der Waals surface area (Å²) in [7, 11) is 1.61. The van der Waals surface area contributed by atoms with Gasteiger partial charge in [-0.2, -0.15) is 0 Å². The molecular weight excluding hydrogens is 542 g/mol. The van der Waals surface area contributed by atoms with Crippen LogP contribution in [0.3, 0.4) is 0 Å². The van der Waals surface area contributed by atoms with Gasteiger partial charge in [0.25, 0.3) is 0 Å². The van der Waals surface area contributed by atoms with E-state index in [-0.39, 0.29) is 11.4 Å². The van der Waals surface area contributed by atoms with E-state index in [4.69, 9.17) is 30.5 Å². The number of amides is 1. The van der Waals surface area contributed by atoms with Crippen molar-refractivity contribution in [3.8, 4) is 17.2 Å². The van der Waals surface area contributed by atoms with Crippen LogP contribution in [0.4, 0.5) is 4.79 Å². The number of nitrogens with one attached hydrogen (secondary N) is 1. The van der Waals surface area contributed by atoms with Crippen LogP contribution in [0.2, 0.25) is 0 Å². The number of fused-ring (bicyclic) bond motifs is 3. The minimum absolute atomic E-state index is 0.0291. The van der Waals surface area contributed by atoms with E-state index in [1.54, 1.807) is 36.3 Å². The van der Waals surface area contributed by atoms with Crippen LogP contribution in [0, 0.1) is 0 Å². The van der Waals surface area contributed by atoms with Crippen LogP contribution < -0.4 is 24.8 Å². The van der Waals surface area contributed by atoms with Gasteiger partial charge in [0.05, 0.1) is 32.3 Å². The molecule has 2 unspecified atom stereocenters. The van der Waals surface area contributed by atoms with Crippen LogP contribution in [0.1, 0.15) is 35.7 Å². The Bertz CT molecular complexity index is 1460. The number of methoxy groups -OCH3 is 1. The summed E-state index contributed by atoms with van der Waals surface area (Å²) in [5, 5.41) is 2.20. The van der Waals surface area contributed by atoms with Crippen molar-refractivity contribution in [2.24, 2.45) is 0 Å². The first-order valence-corrected chi connectivity index (χ1v) is 14.7. The van der Waals surface area contributed by atoms with Crippen molar-refractivity contribution < 1.29 is 23.7 Å². The molecule has 2 atom stereocenters. The average Bonchev–Trinajstić information content (AvgIpc) is 3.38. The van der Waals surface area contributed by atoms with Crippen LogP contribution in [-0.2, 0) is 11.2 Å². The molecule has 0 bridgehead atoms. The van der Waals surface area contributed by atoms with E-state index in [1.807, 2.05) is 24.3 Å². The highest BCUT2D eigenvalue weighted by Crippen LogP contribution is 2.34. The number of aromatic amines is 1. The molecule has 2 aliphatic heterocycles. The summed E-state index contributed by atoms with van der Waals surface area (Å²) in [6.45, 7) is 5.77. The normalized spacial score (nSPS) is 20.3. The van der Waals surface area contributed by atoms with E-state index >= 15 is 0 Å². The zero-order chi connectivity index (χ0) is 28.2. The molecule has 1 amide bonds. The predicted molar refractivity (Wildman–Crippen MR) is 158 cm³/mol. The molecule has 1 aromatic heterocycles. The standard InChI is InChI=1S/C32H36ClN3O5/c1-38-24-8-10-26(11-9-24)41-32(37)36-15-13-27-28-21-23(33)5-12-29(28)34-30(27)31(36)22-3-6-25(7-4-22)40-18-2-14-35-16-19-39-20-17-35/h3-4,6-12,21,23,31,34H,2,5,13-20H2,1H3. The maximum absolute atomic E-state index is 13.6. The minimum Gasteiger partial charge on any atom is -0.497 e. The van der Waals surface area contributed by atoms with Gasteiger partial charge in [0, 0.05) is 42.4 Å². The molecule has 1 N–H and O–H groups in total. The zero-order valence-electron chi connectivity index (χ0n) is 23.3. The minimum atomic E-state index is -0.398. The molecule has 0 saturated carbocycles. The van der Waals surface area contributed by atoms with Crippen molar-refractivity contribution in [2.45, 2.75) is 30.7 Å². The van der Waals surface area contributed by atoms with Crippen LogP contribution >= 0.6 is 11.6 Å². The number of hydrogen-bond acceptors (Lipinski definition) is 6. The number of carbonyl (C=O) groups is 1. The molecule has 8 nitrogen and oxygen atoms in total. The summed E-state index contributed by atoms with van der Waals surface area (Å²) in [6.07, 6.45) is 6.33. The van der Waals surface area contributed by atoms with Crippen LogP contribution in [-0.4, -0.2) is 79.4 Å². The fourth-order valence-corrected chi connectivity index (χ4v) is 6.06. The third kappa shape index (κ3) is 6.25. The number of halogens is 1. The van der Waals surface area contributed by atoms with Crippen molar-refractivity contribution in [1.82, 2.24) is 14.8 Å². The summed E-state index contributed by atoms with van der Waals surface area (Å²) >= 11 is 6.49. The van der Waals surface area contributed by atoms with E-state index < -0.39 is 6.09 Å². The number of carbonyl (C=O) groups excluding carboxylic acids is 1. The zero-order valence-corrected chi connectivity index (χ0v) is 24.1. The number of benzene rings is 2. The van der Waals surface area contributed by atoms with Gasteiger partial charge in [-0.15, -0.1) is 11.6 Å². The Balaban J connectivity index is 1.22. The monoisotopic (exact) mass is 577 g/mol. The maximum atomic E-state index is 13.6. The van der Waals surface area contributed by atoms with Gasteiger partial charge >= 0.3 is 6.09 Å². The molecule has 0 spiro atoms. The van der Waals surface area contributed by atoms with Gasteiger partial charge in [-0.05, 0) is 66.8 Å². The summed E-state index contributed by atoms with van der Waals surface area (Å²) < 4.78 is 22.5. The lowest BCUT2D eigenvalue weighted by Crippen LogP contribution is -2.43. The number of H-pyrrole nitrogens is 1. The molecule has 216 valence electrons.